The van der Waals surface area contributed by atoms with Gasteiger partial charge in [-0.25, -0.2) is 4.79 Å². The molecule has 1 heterocycles. The summed E-state index contributed by atoms with van der Waals surface area (Å²) in [6.07, 6.45) is 8.03. The molecule has 1 aromatic carbocycles. The first-order chi connectivity index (χ1) is 13.7. The van der Waals surface area contributed by atoms with Crippen molar-refractivity contribution < 1.29 is 14.3 Å². The molecule has 0 atom stereocenters. The van der Waals surface area contributed by atoms with E-state index in [1.54, 1.807) is 4.90 Å². The highest BCUT2D eigenvalue weighted by atomic mass is 16.6. The van der Waals surface area contributed by atoms with Gasteiger partial charge in [0.05, 0.1) is 11.1 Å². The zero-order valence-electron chi connectivity index (χ0n) is 17.8. The number of benzene rings is 1. The summed E-state index contributed by atoms with van der Waals surface area (Å²) in [6.45, 7) is 6.35. The van der Waals surface area contributed by atoms with E-state index in [0.717, 1.165) is 54.8 Å². The first-order valence-corrected chi connectivity index (χ1v) is 11.2. The van der Waals surface area contributed by atoms with Gasteiger partial charge in [-0.05, 0) is 88.8 Å². The summed E-state index contributed by atoms with van der Waals surface area (Å²) < 4.78 is 5.60. The number of hydrogen-bond acceptors (Lipinski definition) is 3. The number of nitrogens with zero attached hydrogens (tertiary/aromatic N) is 1. The number of ether oxygens (including phenoxy) is 1. The van der Waals surface area contributed by atoms with Crippen molar-refractivity contribution in [3.8, 4) is 0 Å². The number of rotatable bonds is 3. The second-order valence-electron chi connectivity index (χ2n) is 10.7. The quantitative estimate of drug-likeness (QED) is 0.820. The molecule has 0 spiro atoms. The number of fused-ring (bicyclic) bond motifs is 1. The van der Waals surface area contributed by atoms with Crippen molar-refractivity contribution in [1.82, 2.24) is 5.32 Å². The minimum Gasteiger partial charge on any atom is -0.443 e. The Hall–Kier alpha value is -2.04. The van der Waals surface area contributed by atoms with Gasteiger partial charge in [0.25, 0.3) is 0 Å². The Bertz CT molecular complexity index is 848. The Kier molecular flexibility index (Phi) is 4.07. The van der Waals surface area contributed by atoms with Crippen LogP contribution in [0.2, 0.25) is 0 Å². The highest BCUT2D eigenvalue weighted by Crippen LogP contribution is 2.58. The van der Waals surface area contributed by atoms with Crippen LogP contribution in [-0.2, 0) is 21.4 Å². The summed E-state index contributed by atoms with van der Waals surface area (Å²) in [5.74, 6) is 1.08. The lowest BCUT2D eigenvalue weighted by Crippen LogP contribution is -2.70. The zero-order chi connectivity index (χ0) is 20.4. The topological polar surface area (TPSA) is 58.6 Å². The van der Waals surface area contributed by atoms with Gasteiger partial charge in [0, 0.05) is 12.1 Å². The average Bonchev–Trinajstić information content (AvgIpc) is 2.53. The standard InChI is InChI=1S/C24H32N2O3/c1-22(2,3)29-21(28)26-11-4-6-17-12-18(7-8-19(17)26)24(9-5-10-24)20(27)25-23-13-16(14-23)15-23/h7-8,12,16H,4-6,9-11,13-15H2,1-3H3,(H,25,27). The molecule has 1 aromatic rings. The van der Waals surface area contributed by atoms with Crippen LogP contribution < -0.4 is 10.2 Å². The summed E-state index contributed by atoms with van der Waals surface area (Å²) in [4.78, 5) is 27.7. The number of carbonyl (C=O) groups is 2. The summed E-state index contributed by atoms with van der Waals surface area (Å²) in [5.41, 5.74) is 2.44. The molecule has 5 nitrogen and oxygen atoms in total. The Morgan fingerprint density at radius 3 is 2.41 bits per heavy atom. The number of anilines is 1. The van der Waals surface area contributed by atoms with Gasteiger partial charge in [0.2, 0.25) is 5.91 Å². The fourth-order valence-corrected chi connectivity index (χ4v) is 5.57. The fraction of sp³-hybridized carbons (Fsp3) is 0.667. The molecule has 4 fully saturated rings. The van der Waals surface area contributed by atoms with E-state index in [1.807, 2.05) is 26.8 Å². The third-order valence-electron chi connectivity index (χ3n) is 7.42. The van der Waals surface area contributed by atoms with Crippen LogP contribution in [0, 0.1) is 5.92 Å². The molecule has 29 heavy (non-hydrogen) atoms. The molecule has 6 rings (SSSR count). The highest BCUT2D eigenvalue weighted by Gasteiger charge is 2.59. The van der Waals surface area contributed by atoms with Crippen molar-refractivity contribution in [2.45, 2.75) is 88.7 Å². The maximum Gasteiger partial charge on any atom is 0.414 e. The highest BCUT2D eigenvalue weighted by molar-refractivity contribution is 5.92. The number of nitrogens with one attached hydrogen (secondary N) is 1. The summed E-state index contributed by atoms with van der Waals surface area (Å²) in [7, 11) is 0. The van der Waals surface area contributed by atoms with Crippen LogP contribution in [0.25, 0.3) is 0 Å². The van der Waals surface area contributed by atoms with Gasteiger partial charge in [-0.3, -0.25) is 9.69 Å². The van der Waals surface area contributed by atoms with Crippen LogP contribution in [0.1, 0.15) is 76.8 Å². The molecule has 0 radical (unpaired) electrons. The Morgan fingerprint density at radius 2 is 1.86 bits per heavy atom. The molecular formula is C24H32N2O3. The third-order valence-corrected chi connectivity index (χ3v) is 7.42. The first-order valence-electron chi connectivity index (χ1n) is 11.2. The van der Waals surface area contributed by atoms with E-state index >= 15 is 0 Å². The van der Waals surface area contributed by atoms with Gasteiger partial charge in [-0.2, -0.15) is 0 Å². The summed E-state index contributed by atoms with van der Waals surface area (Å²) >= 11 is 0. The number of aryl methyl sites for hydroxylation is 1. The van der Waals surface area contributed by atoms with Crippen LogP contribution in [-0.4, -0.2) is 29.7 Å². The lowest BCUT2D eigenvalue weighted by Gasteiger charge is -2.63. The third kappa shape index (κ3) is 3.04. The predicted octanol–water partition coefficient (Wildman–Crippen LogP) is 4.46. The SMILES string of the molecule is CC(C)(C)OC(=O)N1CCCc2cc(C3(C(=O)NC45CC(C4)C5)CCC3)ccc21. The van der Waals surface area contributed by atoms with E-state index < -0.39 is 5.60 Å². The maximum atomic E-state index is 13.3. The number of hydrogen-bond donors (Lipinski definition) is 1. The molecule has 1 aliphatic heterocycles. The van der Waals surface area contributed by atoms with Crippen molar-refractivity contribution in [3.05, 3.63) is 29.3 Å². The van der Waals surface area contributed by atoms with Crippen LogP contribution in [0.3, 0.4) is 0 Å². The van der Waals surface area contributed by atoms with Gasteiger partial charge >= 0.3 is 6.09 Å². The van der Waals surface area contributed by atoms with Crippen LogP contribution in [0.15, 0.2) is 18.2 Å². The molecule has 0 saturated heterocycles. The van der Waals surface area contributed by atoms with Gasteiger partial charge in [-0.1, -0.05) is 18.6 Å². The molecule has 156 valence electrons. The average molecular weight is 397 g/mol. The van der Waals surface area contributed by atoms with Crippen LogP contribution in [0.5, 0.6) is 0 Å². The van der Waals surface area contributed by atoms with Crippen LogP contribution >= 0.6 is 0 Å². The second-order valence-corrected chi connectivity index (χ2v) is 10.7. The lowest BCUT2D eigenvalue weighted by molar-refractivity contribution is -0.141. The van der Waals surface area contributed by atoms with Crippen molar-refractivity contribution >= 4 is 17.7 Å². The molecule has 0 unspecified atom stereocenters. The molecule has 2 bridgehead atoms. The van der Waals surface area contributed by atoms with Crippen molar-refractivity contribution in [2.75, 3.05) is 11.4 Å². The maximum absolute atomic E-state index is 13.3. The molecular weight excluding hydrogens is 364 g/mol. The molecule has 4 aliphatic carbocycles. The summed E-state index contributed by atoms with van der Waals surface area (Å²) in [5, 5.41) is 3.41. The Morgan fingerprint density at radius 1 is 1.14 bits per heavy atom. The van der Waals surface area contributed by atoms with E-state index in [1.165, 1.54) is 19.3 Å². The second kappa shape index (κ2) is 6.23. The summed E-state index contributed by atoms with van der Waals surface area (Å²) in [6, 6.07) is 6.29. The van der Waals surface area contributed by atoms with Crippen molar-refractivity contribution in [3.63, 3.8) is 0 Å². The van der Waals surface area contributed by atoms with E-state index in [0.29, 0.717) is 6.54 Å². The monoisotopic (exact) mass is 396 g/mol. The van der Waals surface area contributed by atoms with Gasteiger partial charge < -0.3 is 10.1 Å². The minimum absolute atomic E-state index is 0.117. The van der Waals surface area contributed by atoms with Crippen molar-refractivity contribution in [1.29, 1.82) is 0 Å². The Balaban J connectivity index is 1.39. The molecule has 1 N–H and O–H groups in total. The molecule has 0 aromatic heterocycles. The van der Waals surface area contributed by atoms with Gasteiger partial charge in [-0.15, -0.1) is 0 Å². The fourth-order valence-electron chi connectivity index (χ4n) is 5.57. The van der Waals surface area contributed by atoms with E-state index in [-0.39, 0.29) is 23.0 Å². The number of carbonyl (C=O) groups excluding carboxylic acids is 2. The van der Waals surface area contributed by atoms with E-state index in [2.05, 4.69) is 17.4 Å². The normalized spacial score (nSPS) is 28.9. The number of amides is 2. The van der Waals surface area contributed by atoms with E-state index in [9.17, 15) is 9.59 Å². The molecule has 5 heteroatoms. The smallest absolute Gasteiger partial charge is 0.414 e. The largest absolute Gasteiger partial charge is 0.443 e. The lowest BCUT2D eigenvalue weighted by atomic mass is 9.49. The minimum atomic E-state index is -0.510. The van der Waals surface area contributed by atoms with Crippen LogP contribution in [0.4, 0.5) is 10.5 Å². The Labute approximate surface area is 173 Å². The molecule has 2 amide bonds. The molecule has 5 aliphatic rings. The van der Waals surface area contributed by atoms with Gasteiger partial charge in [0.1, 0.15) is 5.60 Å². The van der Waals surface area contributed by atoms with Crippen molar-refractivity contribution in [2.24, 2.45) is 5.92 Å². The molecule has 4 saturated carbocycles. The van der Waals surface area contributed by atoms with E-state index in [4.69, 9.17) is 4.74 Å². The first kappa shape index (κ1) is 19.0. The zero-order valence-corrected chi connectivity index (χ0v) is 17.8. The predicted molar refractivity (Wildman–Crippen MR) is 112 cm³/mol. The van der Waals surface area contributed by atoms with Gasteiger partial charge in [0.15, 0.2) is 0 Å².